The van der Waals surface area contributed by atoms with Gasteiger partial charge in [0.1, 0.15) is 5.75 Å². The first kappa shape index (κ1) is 9.88. The fourth-order valence-corrected chi connectivity index (χ4v) is 1.05. The van der Waals surface area contributed by atoms with E-state index in [-0.39, 0.29) is 6.61 Å². The molecule has 0 amide bonds. The molecule has 1 aromatic rings. The minimum absolute atomic E-state index is 0.324. The molecule has 0 aliphatic heterocycles. The molecular formula is C8H9NO3S. The zero-order valence-corrected chi connectivity index (χ0v) is 7.58. The molecule has 13 heavy (non-hydrogen) atoms. The lowest BCUT2D eigenvalue weighted by atomic mass is 10.3. The summed E-state index contributed by atoms with van der Waals surface area (Å²) in [5, 5.41) is 13.6. The van der Waals surface area contributed by atoms with E-state index < -0.39 is 5.97 Å². The Hall–Kier alpha value is -1.20. The molecule has 4 nitrogen and oxygen atoms in total. The van der Waals surface area contributed by atoms with Gasteiger partial charge in [-0.1, -0.05) is 0 Å². The fraction of sp³-hybridized carbons (Fsp3) is 0.125. The van der Waals surface area contributed by atoms with Gasteiger partial charge in [-0.3, -0.25) is 5.14 Å². The topological polar surface area (TPSA) is 72.5 Å². The largest absolute Gasteiger partial charge is 0.482 e. The van der Waals surface area contributed by atoms with Crippen LogP contribution >= 0.6 is 11.9 Å². The average Bonchev–Trinajstić information content (AvgIpc) is 2.15. The third kappa shape index (κ3) is 3.35. The second-order valence-electron chi connectivity index (χ2n) is 2.27. The highest BCUT2D eigenvalue weighted by atomic mass is 32.2. The van der Waals surface area contributed by atoms with Gasteiger partial charge >= 0.3 is 5.97 Å². The van der Waals surface area contributed by atoms with E-state index in [2.05, 4.69) is 0 Å². The van der Waals surface area contributed by atoms with Crippen molar-refractivity contribution in [1.29, 1.82) is 0 Å². The molecule has 0 saturated carbocycles. The normalized spacial score (nSPS) is 9.62. The standard InChI is InChI=1S/C8H9NO3S/c9-13-7-3-1-6(2-4-7)12-5-8(10)11/h1-4H,5,9H2,(H,10,11). The first-order valence-corrected chi connectivity index (χ1v) is 4.41. The summed E-state index contributed by atoms with van der Waals surface area (Å²) in [7, 11) is 0. The highest BCUT2D eigenvalue weighted by Gasteiger charge is 1.98. The van der Waals surface area contributed by atoms with Gasteiger partial charge in [-0.15, -0.1) is 0 Å². The summed E-state index contributed by atoms with van der Waals surface area (Å²) in [6.07, 6.45) is 0. The number of rotatable bonds is 4. The third-order valence-electron chi connectivity index (χ3n) is 1.32. The Kier molecular flexibility index (Phi) is 3.60. The van der Waals surface area contributed by atoms with Crippen LogP contribution in [-0.2, 0) is 4.79 Å². The summed E-state index contributed by atoms with van der Waals surface area (Å²) in [6.45, 7) is -0.324. The van der Waals surface area contributed by atoms with Gasteiger partial charge in [-0.25, -0.2) is 4.79 Å². The molecule has 0 bridgehead atoms. The molecule has 0 radical (unpaired) electrons. The van der Waals surface area contributed by atoms with Crippen LogP contribution < -0.4 is 9.88 Å². The van der Waals surface area contributed by atoms with Crippen LogP contribution in [0, 0.1) is 0 Å². The van der Waals surface area contributed by atoms with Crippen LogP contribution in [0.3, 0.4) is 0 Å². The number of nitrogens with two attached hydrogens (primary N) is 1. The van der Waals surface area contributed by atoms with E-state index in [1.165, 1.54) is 0 Å². The SMILES string of the molecule is NSc1ccc(OCC(=O)O)cc1. The Morgan fingerprint density at radius 2 is 2.08 bits per heavy atom. The molecule has 0 aliphatic rings. The zero-order valence-electron chi connectivity index (χ0n) is 6.77. The molecule has 1 aromatic carbocycles. The van der Waals surface area contributed by atoms with Crippen molar-refractivity contribution in [3.63, 3.8) is 0 Å². The van der Waals surface area contributed by atoms with Crippen molar-refractivity contribution < 1.29 is 14.6 Å². The van der Waals surface area contributed by atoms with E-state index in [4.69, 9.17) is 15.0 Å². The van der Waals surface area contributed by atoms with E-state index in [1.807, 2.05) is 0 Å². The Morgan fingerprint density at radius 1 is 1.46 bits per heavy atom. The second kappa shape index (κ2) is 4.74. The Morgan fingerprint density at radius 3 is 2.54 bits per heavy atom. The number of carboxylic acids is 1. The van der Waals surface area contributed by atoms with Gasteiger partial charge < -0.3 is 9.84 Å². The van der Waals surface area contributed by atoms with Crippen LogP contribution in [0.5, 0.6) is 5.75 Å². The van der Waals surface area contributed by atoms with Crippen molar-refractivity contribution in [3.8, 4) is 5.75 Å². The average molecular weight is 199 g/mol. The van der Waals surface area contributed by atoms with Crippen LogP contribution in [0.4, 0.5) is 0 Å². The lowest BCUT2D eigenvalue weighted by Gasteiger charge is -2.02. The number of hydrogen-bond donors (Lipinski definition) is 2. The summed E-state index contributed by atoms with van der Waals surface area (Å²) >= 11 is 1.13. The molecule has 5 heteroatoms. The van der Waals surface area contributed by atoms with Gasteiger partial charge in [0.15, 0.2) is 6.61 Å². The van der Waals surface area contributed by atoms with Crippen molar-refractivity contribution in [2.45, 2.75) is 4.90 Å². The maximum absolute atomic E-state index is 10.1. The number of hydrogen-bond acceptors (Lipinski definition) is 4. The molecule has 0 atom stereocenters. The highest BCUT2D eigenvalue weighted by Crippen LogP contribution is 2.16. The number of aliphatic carboxylic acids is 1. The number of ether oxygens (including phenoxy) is 1. The Bertz CT molecular complexity index is 286. The lowest BCUT2D eigenvalue weighted by Crippen LogP contribution is -2.09. The molecule has 3 N–H and O–H groups in total. The molecule has 1 rings (SSSR count). The van der Waals surface area contributed by atoms with Gasteiger partial charge in [0.2, 0.25) is 0 Å². The quantitative estimate of drug-likeness (QED) is 0.711. The summed E-state index contributed by atoms with van der Waals surface area (Å²) in [5.41, 5.74) is 0. The first-order valence-electron chi connectivity index (χ1n) is 3.54. The molecule has 0 heterocycles. The minimum atomic E-state index is -0.989. The van der Waals surface area contributed by atoms with Gasteiger partial charge in [0.05, 0.1) is 0 Å². The zero-order chi connectivity index (χ0) is 9.68. The van der Waals surface area contributed by atoms with Crippen LogP contribution in [-0.4, -0.2) is 17.7 Å². The molecule has 0 fully saturated rings. The van der Waals surface area contributed by atoms with Crippen molar-refractivity contribution in [2.24, 2.45) is 5.14 Å². The van der Waals surface area contributed by atoms with Crippen molar-refractivity contribution in [1.82, 2.24) is 0 Å². The molecule has 0 aromatic heterocycles. The number of carboxylic acid groups (broad SMARTS) is 1. The van der Waals surface area contributed by atoms with E-state index in [0.29, 0.717) is 5.75 Å². The van der Waals surface area contributed by atoms with Crippen molar-refractivity contribution in [3.05, 3.63) is 24.3 Å². The van der Waals surface area contributed by atoms with Crippen molar-refractivity contribution >= 4 is 17.9 Å². The molecule has 0 spiro atoms. The van der Waals surface area contributed by atoms with Gasteiger partial charge in [0, 0.05) is 4.90 Å². The molecule has 0 unspecified atom stereocenters. The number of benzene rings is 1. The molecule has 0 aliphatic carbocycles. The molecule has 0 saturated heterocycles. The Balaban J connectivity index is 2.54. The Labute approximate surface area is 79.8 Å². The summed E-state index contributed by atoms with van der Waals surface area (Å²) in [6, 6.07) is 6.89. The fourth-order valence-electron chi connectivity index (χ4n) is 0.760. The predicted molar refractivity (Wildman–Crippen MR) is 49.6 cm³/mol. The monoisotopic (exact) mass is 199 g/mol. The van der Waals surface area contributed by atoms with Gasteiger partial charge in [-0.05, 0) is 36.2 Å². The third-order valence-corrected chi connectivity index (χ3v) is 1.87. The minimum Gasteiger partial charge on any atom is -0.482 e. The molecular weight excluding hydrogens is 190 g/mol. The lowest BCUT2D eigenvalue weighted by molar-refractivity contribution is -0.139. The maximum Gasteiger partial charge on any atom is 0.341 e. The van der Waals surface area contributed by atoms with Gasteiger partial charge in [-0.2, -0.15) is 0 Å². The van der Waals surface area contributed by atoms with E-state index in [1.54, 1.807) is 24.3 Å². The highest BCUT2D eigenvalue weighted by molar-refractivity contribution is 7.97. The second-order valence-corrected chi connectivity index (χ2v) is 2.98. The van der Waals surface area contributed by atoms with E-state index >= 15 is 0 Å². The predicted octanol–water partition coefficient (Wildman–Crippen LogP) is 1.12. The van der Waals surface area contributed by atoms with E-state index in [0.717, 1.165) is 16.8 Å². The number of carbonyl (C=O) groups is 1. The van der Waals surface area contributed by atoms with Crippen LogP contribution in [0.2, 0.25) is 0 Å². The van der Waals surface area contributed by atoms with E-state index in [9.17, 15) is 4.79 Å². The van der Waals surface area contributed by atoms with Crippen molar-refractivity contribution in [2.75, 3.05) is 6.61 Å². The maximum atomic E-state index is 10.1. The summed E-state index contributed by atoms with van der Waals surface area (Å²) < 4.78 is 4.92. The van der Waals surface area contributed by atoms with Crippen LogP contribution in [0.25, 0.3) is 0 Å². The first-order chi connectivity index (χ1) is 6.22. The summed E-state index contributed by atoms with van der Waals surface area (Å²) in [5.74, 6) is -0.461. The van der Waals surface area contributed by atoms with Gasteiger partial charge in [0.25, 0.3) is 0 Å². The van der Waals surface area contributed by atoms with Crippen LogP contribution in [0.1, 0.15) is 0 Å². The van der Waals surface area contributed by atoms with Crippen LogP contribution in [0.15, 0.2) is 29.2 Å². The molecule has 70 valence electrons. The smallest absolute Gasteiger partial charge is 0.341 e. The summed E-state index contributed by atoms with van der Waals surface area (Å²) in [4.78, 5) is 11.1.